The Kier molecular flexibility index (Phi) is 10.8. The molecule has 0 spiro atoms. The van der Waals surface area contributed by atoms with Gasteiger partial charge < -0.3 is 19.1 Å². The summed E-state index contributed by atoms with van der Waals surface area (Å²) in [7, 11) is -2.17. The topological polar surface area (TPSA) is 101 Å². The zero-order chi connectivity index (χ0) is 37.8. The maximum absolute atomic E-state index is 15.7. The average molecular weight is 785 g/mol. The molecule has 4 bridgehead atoms. The van der Waals surface area contributed by atoms with E-state index >= 15 is 4.39 Å². The van der Waals surface area contributed by atoms with Crippen molar-refractivity contribution in [3.05, 3.63) is 69.5 Å². The number of hydrogen-bond donors (Lipinski definition) is 1. The number of morpholine rings is 1. The molecule has 13 heteroatoms. The zero-order valence-corrected chi connectivity index (χ0v) is 33.3. The van der Waals surface area contributed by atoms with Crippen LogP contribution in [0.15, 0.2) is 42.0 Å². The third-order valence-electron chi connectivity index (χ3n) is 13.7. The zero-order valence-electron chi connectivity index (χ0n) is 31.7. The van der Waals surface area contributed by atoms with Crippen LogP contribution in [0.4, 0.5) is 10.1 Å². The van der Waals surface area contributed by atoms with Gasteiger partial charge in [0.1, 0.15) is 17.2 Å². The molecule has 5 aliphatic heterocycles. The third-order valence-corrected chi connectivity index (χ3v) is 15.8. The van der Waals surface area contributed by atoms with Crippen molar-refractivity contribution < 1.29 is 31.8 Å². The molecule has 1 saturated carbocycles. The van der Waals surface area contributed by atoms with Crippen LogP contribution in [0.3, 0.4) is 0 Å². The molecule has 2 aromatic rings. The lowest BCUT2D eigenvalue weighted by Crippen LogP contribution is -2.64. The van der Waals surface area contributed by atoms with Gasteiger partial charge in [0, 0.05) is 64.5 Å². The monoisotopic (exact) mass is 784 g/mol. The van der Waals surface area contributed by atoms with Gasteiger partial charge in [0.05, 0.1) is 35.8 Å². The first-order valence-corrected chi connectivity index (χ1v) is 21.7. The molecule has 9 rings (SSSR count). The van der Waals surface area contributed by atoms with Crippen molar-refractivity contribution in [2.45, 2.75) is 75.8 Å². The number of nitrogens with zero attached hydrogens (tertiary/aromatic N) is 3. The number of fused-ring (bicyclic) bond motifs is 6. The molecule has 2 aromatic carbocycles. The molecule has 0 unspecified atom stereocenters. The van der Waals surface area contributed by atoms with Crippen LogP contribution in [0.1, 0.15) is 67.4 Å². The van der Waals surface area contributed by atoms with E-state index in [1.807, 2.05) is 20.1 Å². The van der Waals surface area contributed by atoms with Gasteiger partial charge in [-0.2, -0.15) is 0 Å². The number of nitrogens with one attached hydrogen (secondary N) is 1. The third kappa shape index (κ3) is 7.08. The molecule has 2 aliphatic carbocycles. The van der Waals surface area contributed by atoms with Crippen LogP contribution in [0.25, 0.3) is 0 Å². The first kappa shape index (κ1) is 38.1. The Labute approximate surface area is 324 Å². The van der Waals surface area contributed by atoms with E-state index in [0.29, 0.717) is 55.6 Å². The Morgan fingerprint density at radius 3 is 2.69 bits per heavy atom. The van der Waals surface area contributed by atoms with E-state index in [4.69, 9.17) is 25.8 Å². The van der Waals surface area contributed by atoms with Gasteiger partial charge in [-0.15, -0.1) is 0 Å². The van der Waals surface area contributed by atoms with Gasteiger partial charge in [-0.05, 0) is 110 Å². The van der Waals surface area contributed by atoms with Gasteiger partial charge in [0.15, 0.2) is 0 Å². The van der Waals surface area contributed by atoms with Crippen LogP contribution in [0.5, 0.6) is 5.75 Å². The summed E-state index contributed by atoms with van der Waals surface area (Å²) >= 11 is 6.33. The van der Waals surface area contributed by atoms with Crippen LogP contribution in [0.2, 0.25) is 5.02 Å². The molecule has 5 heterocycles. The lowest BCUT2D eigenvalue weighted by molar-refractivity contribution is -0.118. The van der Waals surface area contributed by atoms with Gasteiger partial charge in [0.25, 0.3) is 5.91 Å². The van der Waals surface area contributed by atoms with E-state index in [9.17, 15) is 13.2 Å². The van der Waals surface area contributed by atoms with Crippen LogP contribution in [-0.2, 0) is 32.5 Å². The summed E-state index contributed by atoms with van der Waals surface area (Å²) in [5.41, 5.74) is 3.03. The minimum absolute atomic E-state index is 0.0402. The molecule has 0 aromatic heterocycles. The van der Waals surface area contributed by atoms with Crippen molar-refractivity contribution in [2.24, 2.45) is 23.7 Å². The summed E-state index contributed by atoms with van der Waals surface area (Å²) in [5, 5.41) is -0.697. The van der Waals surface area contributed by atoms with E-state index < -0.39 is 26.8 Å². The Bertz CT molecular complexity index is 1900. The average Bonchev–Trinajstić information content (AvgIpc) is 3.16. The molecule has 3 fully saturated rings. The van der Waals surface area contributed by atoms with E-state index in [-0.39, 0.29) is 40.1 Å². The first-order valence-electron chi connectivity index (χ1n) is 19.8. The summed E-state index contributed by atoms with van der Waals surface area (Å²) in [6.07, 6.45) is 6.98. The minimum atomic E-state index is -4.02. The Hall–Kier alpha value is -2.74. The summed E-state index contributed by atoms with van der Waals surface area (Å²) in [4.78, 5) is 21.0. The fraction of sp³-hybridized carbons (Fsp3) is 0.634. The highest BCUT2D eigenvalue weighted by atomic mass is 35.5. The van der Waals surface area contributed by atoms with E-state index in [1.165, 1.54) is 5.57 Å². The number of carbonyl (C=O) groups excluding carboxylic acids is 1. The predicted molar refractivity (Wildman–Crippen MR) is 207 cm³/mol. The van der Waals surface area contributed by atoms with Crippen LogP contribution >= 0.6 is 11.6 Å². The number of halogens is 2. The smallest absolute Gasteiger partial charge is 0.264 e. The van der Waals surface area contributed by atoms with E-state index in [2.05, 4.69) is 25.5 Å². The normalized spacial score (nSPS) is 33.2. The fourth-order valence-corrected chi connectivity index (χ4v) is 11.4. The fourth-order valence-electron chi connectivity index (χ4n) is 9.94. The number of hydrogen-bond acceptors (Lipinski definition) is 9. The van der Waals surface area contributed by atoms with Gasteiger partial charge >= 0.3 is 0 Å². The number of amides is 1. The second kappa shape index (κ2) is 15.3. The number of carbonyl (C=O) groups is 1. The van der Waals surface area contributed by atoms with Gasteiger partial charge in [-0.3, -0.25) is 14.6 Å². The second-order valence-electron chi connectivity index (χ2n) is 16.5. The number of anilines is 1. The highest BCUT2D eigenvalue weighted by Gasteiger charge is 2.54. The van der Waals surface area contributed by atoms with E-state index in [1.54, 1.807) is 31.2 Å². The minimum Gasteiger partial charge on any atom is -0.491 e. The Balaban J connectivity index is 1.22. The van der Waals surface area contributed by atoms with Crippen LogP contribution < -0.4 is 14.4 Å². The lowest BCUT2D eigenvalue weighted by Gasteiger charge is -2.56. The molecule has 7 atom stereocenters. The molecule has 2 saturated heterocycles. The Morgan fingerprint density at radius 2 is 1.91 bits per heavy atom. The van der Waals surface area contributed by atoms with Gasteiger partial charge in [0.2, 0.25) is 10.0 Å². The number of benzene rings is 2. The molecule has 7 aliphatic rings. The summed E-state index contributed by atoms with van der Waals surface area (Å²) in [5.74, 6) is -0.211. The predicted octanol–water partition coefficient (Wildman–Crippen LogP) is 5.67. The molecule has 294 valence electrons. The number of ether oxygens (including phenoxy) is 3. The second-order valence-corrected chi connectivity index (χ2v) is 19.0. The van der Waals surface area contributed by atoms with Crippen molar-refractivity contribution in [3.8, 4) is 5.75 Å². The molecule has 0 radical (unpaired) electrons. The van der Waals surface area contributed by atoms with Crippen LogP contribution in [0, 0.1) is 29.5 Å². The molecule has 54 heavy (non-hydrogen) atoms. The molecular formula is C41H54ClFN4O6S. The molecule has 10 nitrogen and oxygen atoms in total. The maximum Gasteiger partial charge on any atom is 0.264 e. The summed E-state index contributed by atoms with van der Waals surface area (Å²) in [6.45, 7) is 11.2. The highest BCUT2D eigenvalue weighted by Crippen LogP contribution is 2.53. The number of rotatable bonds is 3. The first-order chi connectivity index (χ1) is 26.0. The molecule has 1 N–H and O–H groups in total. The standard InChI is InChI=1S/C41H54ClFN4O6S/c1-26-27(2)54(49,50)44-40(48)28-9-12-38-37(20-28)47(21-29-8-11-36(42)39(43)34(29)6-4-5-16-53-38)22-30-7-10-35(30)41(51-3,32-18-31(26)19-32)25-45-13-14-46-15-17-52-24-33(46)23-45/h8-9,11-12,18,20,26-27,30-31,33,35H,4-7,10,13-17,19,21-25H2,1-3H3,(H,44,48)/t26-,27-,30+,31+,33-,35-,41+/m1/s1. The number of sulfonamides is 1. The summed E-state index contributed by atoms with van der Waals surface area (Å²) < 4.78 is 64.8. The summed E-state index contributed by atoms with van der Waals surface area (Å²) in [6, 6.07) is 9.03. The molecular weight excluding hydrogens is 731 g/mol. The number of piperazine rings is 1. The maximum atomic E-state index is 15.7. The lowest BCUT2D eigenvalue weighted by atomic mass is 9.58. The largest absolute Gasteiger partial charge is 0.491 e. The number of allylic oxidation sites excluding steroid dienone is 1. The van der Waals surface area contributed by atoms with Crippen LogP contribution in [-0.4, -0.2) is 107 Å². The highest BCUT2D eigenvalue weighted by molar-refractivity contribution is 7.90. The van der Waals surface area contributed by atoms with E-state index in [0.717, 1.165) is 77.2 Å². The van der Waals surface area contributed by atoms with Crippen molar-refractivity contribution >= 4 is 33.2 Å². The quantitative estimate of drug-likeness (QED) is 0.395. The van der Waals surface area contributed by atoms with Gasteiger partial charge in [-0.25, -0.2) is 17.5 Å². The van der Waals surface area contributed by atoms with Crippen molar-refractivity contribution in [1.82, 2.24) is 14.5 Å². The number of methoxy groups -OCH3 is 1. The van der Waals surface area contributed by atoms with Gasteiger partial charge in [-0.1, -0.05) is 30.7 Å². The van der Waals surface area contributed by atoms with Crippen molar-refractivity contribution in [3.63, 3.8) is 0 Å². The van der Waals surface area contributed by atoms with Crippen molar-refractivity contribution in [2.75, 3.05) is 71.1 Å². The van der Waals surface area contributed by atoms with Crippen molar-refractivity contribution in [1.29, 1.82) is 0 Å². The Morgan fingerprint density at radius 1 is 1.07 bits per heavy atom. The molecule has 1 amide bonds. The SMILES string of the molecule is CO[C@@]1(CN2CCN3CCOC[C@H]3C2)C2=C[C@@H](C2)[C@H](C)[C@@H](C)S(=O)(=O)NC(=O)c2ccc3c(c2)N(Cc2ccc(Cl)c(F)c2CCCCO3)C[C@@H]2CC[C@H]21.